The molecule has 3 aromatic carbocycles. The first-order valence-electron chi connectivity index (χ1n) is 11.5. The van der Waals surface area contributed by atoms with Crippen LogP contribution < -0.4 is 25.0 Å². The lowest BCUT2D eigenvalue weighted by Crippen LogP contribution is -2.33. The van der Waals surface area contributed by atoms with Crippen LogP contribution in [-0.4, -0.2) is 30.5 Å². The van der Waals surface area contributed by atoms with Crippen molar-refractivity contribution in [3.05, 3.63) is 102 Å². The summed E-state index contributed by atoms with van der Waals surface area (Å²) >= 11 is 0. The molecular formula is C28H24N4O4. The van der Waals surface area contributed by atoms with Gasteiger partial charge in [-0.05, 0) is 72.6 Å². The van der Waals surface area contributed by atoms with E-state index in [2.05, 4.69) is 15.6 Å². The van der Waals surface area contributed by atoms with Gasteiger partial charge in [-0.1, -0.05) is 18.2 Å². The lowest BCUT2D eigenvalue weighted by atomic mass is 10.1. The lowest BCUT2D eigenvalue weighted by molar-refractivity contribution is 0.0958. The van der Waals surface area contributed by atoms with Crippen LogP contribution in [0.25, 0.3) is 0 Å². The number of ether oxygens (including phenoxy) is 2. The van der Waals surface area contributed by atoms with E-state index in [0.717, 1.165) is 17.0 Å². The highest BCUT2D eigenvalue weighted by Gasteiger charge is 2.25. The topological polar surface area (TPSA) is 92.8 Å². The van der Waals surface area contributed by atoms with Crippen molar-refractivity contribution in [2.24, 2.45) is 0 Å². The van der Waals surface area contributed by atoms with Crippen LogP contribution in [0, 0.1) is 0 Å². The number of nitrogens with zero attached hydrogens (tertiary/aromatic N) is 2. The number of hydrogen-bond acceptors (Lipinski definition) is 5. The van der Waals surface area contributed by atoms with E-state index in [9.17, 15) is 9.59 Å². The van der Waals surface area contributed by atoms with Gasteiger partial charge in [-0.3, -0.25) is 14.7 Å². The van der Waals surface area contributed by atoms with Gasteiger partial charge in [0.1, 0.15) is 28.7 Å². The van der Waals surface area contributed by atoms with Gasteiger partial charge in [-0.2, -0.15) is 0 Å². The quantitative estimate of drug-likeness (QED) is 0.374. The zero-order valence-corrected chi connectivity index (χ0v) is 19.6. The second-order valence-electron chi connectivity index (χ2n) is 8.12. The molecule has 0 spiro atoms. The maximum Gasteiger partial charge on any atom is 0.326 e. The number of amides is 3. The molecule has 8 heteroatoms. The summed E-state index contributed by atoms with van der Waals surface area (Å²) in [7, 11) is 1.55. The molecule has 1 aliphatic rings. The molecule has 1 aromatic heterocycles. The minimum Gasteiger partial charge on any atom is -0.457 e. The fourth-order valence-corrected chi connectivity index (χ4v) is 3.94. The molecule has 5 rings (SSSR count). The molecule has 0 saturated heterocycles. The molecule has 0 aliphatic carbocycles. The van der Waals surface area contributed by atoms with Crippen molar-refractivity contribution in [1.82, 2.24) is 10.3 Å². The molecule has 0 saturated carbocycles. The van der Waals surface area contributed by atoms with Gasteiger partial charge in [-0.15, -0.1) is 0 Å². The zero-order chi connectivity index (χ0) is 24.9. The van der Waals surface area contributed by atoms with E-state index in [1.54, 1.807) is 30.1 Å². The minimum atomic E-state index is -0.283. The first kappa shape index (κ1) is 22.9. The fraction of sp³-hybridized carbons (Fsp3) is 0.107. The Morgan fingerprint density at radius 3 is 2.31 bits per heavy atom. The summed E-state index contributed by atoms with van der Waals surface area (Å²) in [5.74, 6) is 2.29. The van der Waals surface area contributed by atoms with E-state index in [4.69, 9.17) is 9.47 Å². The van der Waals surface area contributed by atoms with Crippen molar-refractivity contribution >= 4 is 23.3 Å². The molecule has 2 N–H and O–H groups in total. The summed E-state index contributed by atoms with van der Waals surface area (Å²) in [5.41, 5.74) is 2.80. The largest absolute Gasteiger partial charge is 0.457 e. The molecule has 0 unspecified atom stereocenters. The van der Waals surface area contributed by atoms with Gasteiger partial charge in [0.05, 0.1) is 0 Å². The number of hydrogen-bond donors (Lipinski definition) is 2. The molecule has 36 heavy (non-hydrogen) atoms. The third kappa shape index (κ3) is 5.12. The highest BCUT2D eigenvalue weighted by Crippen LogP contribution is 2.33. The van der Waals surface area contributed by atoms with Crippen LogP contribution in [-0.2, 0) is 6.42 Å². The average Bonchev–Trinajstić information content (AvgIpc) is 3.33. The maximum absolute atomic E-state index is 13.0. The van der Waals surface area contributed by atoms with Crippen molar-refractivity contribution in [2.45, 2.75) is 6.42 Å². The third-order valence-corrected chi connectivity index (χ3v) is 5.70. The van der Waals surface area contributed by atoms with E-state index >= 15 is 0 Å². The molecule has 0 fully saturated rings. The number of pyridine rings is 1. The van der Waals surface area contributed by atoms with Crippen molar-refractivity contribution in [2.75, 3.05) is 23.8 Å². The van der Waals surface area contributed by atoms with Gasteiger partial charge < -0.3 is 20.1 Å². The van der Waals surface area contributed by atoms with Gasteiger partial charge in [0.15, 0.2) is 0 Å². The van der Waals surface area contributed by atoms with Crippen LogP contribution in [0.15, 0.2) is 91.1 Å². The summed E-state index contributed by atoms with van der Waals surface area (Å²) in [4.78, 5) is 30.5. The fourth-order valence-electron chi connectivity index (χ4n) is 3.94. The predicted molar refractivity (Wildman–Crippen MR) is 137 cm³/mol. The molecular weight excluding hydrogens is 456 g/mol. The lowest BCUT2D eigenvalue weighted by Gasteiger charge is -2.18. The third-order valence-electron chi connectivity index (χ3n) is 5.70. The number of nitrogens with one attached hydrogen (secondary N) is 2. The van der Waals surface area contributed by atoms with Crippen molar-refractivity contribution in [3.8, 4) is 23.0 Å². The summed E-state index contributed by atoms with van der Waals surface area (Å²) in [6, 6.07) is 25.4. The summed E-state index contributed by atoms with van der Waals surface area (Å²) < 4.78 is 11.7. The first-order valence-corrected chi connectivity index (χ1v) is 11.5. The van der Waals surface area contributed by atoms with E-state index in [1.165, 1.54) is 6.20 Å². The standard InChI is InChI=1S/C28H24N4O4/c1-29-27(33)25-18-24(13-15-30-25)36-23-11-12-26-19(17-23)14-16-32(26)28(34)31-20-7-9-22(10-8-20)35-21-5-3-2-4-6-21/h2-13,15,17-18H,14,16H2,1H3,(H,29,33)(H,31,34). The van der Waals surface area contributed by atoms with E-state index in [1.807, 2.05) is 66.7 Å². The molecule has 3 amide bonds. The summed E-state index contributed by atoms with van der Waals surface area (Å²) in [6.45, 7) is 0.565. The Morgan fingerprint density at radius 1 is 0.833 bits per heavy atom. The van der Waals surface area contributed by atoms with Crippen LogP contribution in [0.2, 0.25) is 0 Å². The number of urea groups is 1. The Morgan fingerprint density at radius 2 is 1.53 bits per heavy atom. The molecule has 4 aromatic rings. The Kier molecular flexibility index (Phi) is 6.48. The van der Waals surface area contributed by atoms with Gasteiger partial charge >= 0.3 is 6.03 Å². The van der Waals surface area contributed by atoms with E-state index in [-0.39, 0.29) is 17.6 Å². The predicted octanol–water partition coefficient (Wildman–Crippen LogP) is 5.62. The molecule has 2 heterocycles. The SMILES string of the molecule is CNC(=O)c1cc(Oc2ccc3c(c2)CCN3C(=O)Nc2ccc(Oc3ccccc3)cc2)ccn1. The Balaban J connectivity index is 1.23. The maximum atomic E-state index is 13.0. The molecule has 1 aliphatic heterocycles. The minimum absolute atomic E-state index is 0.205. The highest BCUT2D eigenvalue weighted by atomic mass is 16.5. The Bertz CT molecular complexity index is 1390. The molecule has 0 bridgehead atoms. The van der Waals surface area contributed by atoms with Crippen LogP contribution >= 0.6 is 0 Å². The van der Waals surface area contributed by atoms with Crippen LogP contribution in [0.5, 0.6) is 23.0 Å². The van der Waals surface area contributed by atoms with Crippen LogP contribution in [0.4, 0.5) is 16.2 Å². The number of benzene rings is 3. The van der Waals surface area contributed by atoms with Crippen molar-refractivity contribution in [1.29, 1.82) is 0 Å². The van der Waals surface area contributed by atoms with Gasteiger partial charge in [0, 0.05) is 37.2 Å². The van der Waals surface area contributed by atoms with Gasteiger partial charge in [0.2, 0.25) is 0 Å². The van der Waals surface area contributed by atoms with Gasteiger partial charge in [-0.25, -0.2) is 4.79 Å². The number of anilines is 2. The summed E-state index contributed by atoms with van der Waals surface area (Å²) in [5, 5.41) is 5.49. The monoisotopic (exact) mass is 480 g/mol. The molecule has 0 atom stereocenters. The van der Waals surface area contributed by atoms with Crippen molar-refractivity contribution < 1.29 is 19.1 Å². The van der Waals surface area contributed by atoms with Gasteiger partial charge in [0.25, 0.3) is 5.91 Å². The first-order chi connectivity index (χ1) is 17.6. The summed E-state index contributed by atoms with van der Waals surface area (Å²) in [6.07, 6.45) is 2.24. The Hall–Kier alpha value is -4.85. The molecule has 0 radical (unpaired) electrons. The van der Waals surface area contributed by atoms with Crippen molar-refractivity contribution in [3.63, 3.8) is 0 Å². The number of para-hydroxylation sites is 1. The number of carbonyl (C=O) groups excluding carboxylic acids is 2. The molecule has 8 nitrogen and oxygen atoms in total. The highest BCUT2D eigenvalue weighted by molar-refractivity contribution is 6.03. The molecule has 180 valence electrons. The number of fused-ring (bicyclic) bond motifs is 1. The second kappa shape index (κ2) is 10.2. The van der Waals surface area contributed by atoms with Crippen LogP contribution in [0.3, 0.4) is 0 Å². The van der Waals surface area contributed by atoms with E-state index in [0.29, 0.717) is 35.9 Å². The normalized spacial score (nSPS) is 12.0. The zero-order valence-electron chi connectivity index (χ0n) is 19.6. The number of carbonyl (C=O) groups is 2. The number of aromatic nitrogens is 1. The Labute approximate surface area is 208 Å². The second-order valence-corrected chi connectivity index (χ2v) is 8.12. The number of rotatable bonds is 6. The van der Waals surface area contributed by atoms with E-state index < -0.39 is 0 Å². The smallest absolute Gasteiger partial charge is 0.326 e. The van der Waals surface area contributed by atoms with Crippen LogP contribution in [0.1, 0.15) is 16.1 Å². The average molecular weight is 481 g/mol.